The van der Waals surface area contributed by atoms with Crippen LogP contribution in [0.15, 0.2) is 52.0 Å². The summed E-state index contributed by atoms with van der Waals surface area (Å²) in [5, 5.41) is 10.4. The molecule has 4 heterocycles. The summed E-state index contributed by atoms with van der Waals surface area (Å²) in [6.45, 7) is 5.65. The number of benzene rings is 1. The molecule has 9 heteroatoms. The first-order valence-electron chi connectivity index (χ1n) is 12.1. The molecule has 3 aromatic heterocycles. The van der Waals surface area contributed by atoms with Gasteiger partial charge in [0.1, 0.15) is 0 Å². The average molecular weight is 495 g/mol. The van der Waals surface area contributed by atoms with Crippen LogP contribution in [0, 0.1) is 0 Å². The zero-order valence-corrected chi connectivity index (χ0v) is 21.0. The van der Waals surface area contributed by atoms with Gasteiger partial charge >= 0.3 is 0 Å². The lowest BCUT2D eigenvalue weighted by Gasteiger charge is -2.11. The van der Waals surface area contributed by atoms with Gasteiger partial charge in [-0.05, 0) is 56.1 Å². The van der Waals surface area contributed by atoms with Crippen molar-refractivity contribution in [2.24, 2.45) is 7.05 Å². The van der Waals surface area contributed by atoms with Gasteiger partial charge in [0.25, 0.3) is 5.56 Å². The van der Waals surface area contributed by atoms with Crippen LogP contribution in [0.25, 0.3) is 10.8 Å². The molecule has 0 spiro atoms. The highest BCUT2D eigenvalue weighted by molar-refractivity contribution is 6.30. The number of fused-ring (bicyclic) bond motifs is 1. The Labute approximate surface area is 209 Å². The molecule has 5 rings (SSSR count). The van der Waals surface area contributed by atoms with E-state index in [1.54, 1.807) is 25.5 Å². The zero-order valence-electron chi connectivity index (χ0n) is 20.3. The molecular formula is C26H31ClN6O2. The van der Waals surface area contributed by atoms with Gasteiger partial charge in [-0.15, -0.1) is 0 Å². The van der Waals surface area contributed by atoms with Crippen LogP contribution in [0.4, 0.5) is 0 Å². The van der Waals surface area contributed by atoms with Crippen LogP contribution in [-0.2, 0) is 26.3 Å². The summed E-state index contributed by atoms with van der Waals surface area (Å²) in [6.07, 6.45) is 9.52. The van der Waals surface area contributed by atoms with Gasteiger partial charge in [0.2, 0.25) is 5.89 Å². The van der Waals surface area contributed by atoms with Crippen molar-refractivity contribution in [3.8, 4) is 0 Å². The predicted molar refractivity (Wildman–Crippen MR) is 137 cm³/mol. The third-order valence-electron chi connectivity index (χ3n) is 6.04. The van der Waals surface area contributed by atoms with Crippen molar-refractivity contribution >= 4 is 22.4 Å². The van der Waals surface area contributed by atoms with Crippen molar-refractivity contribution in [2.45, 2.75) is 45.4 Å². The molecule has 8 nitrogen and oxygen atoms in total. The molecule has 1 fully saturated rings. The summed E-state index contributed by atoms with van der Waals surface area (Å²) in [5.74, 6) is 1.65. The summed E-state index contributed by atoms with van der Waals surface area (Å²) >= 11 is 5.88. The molecule has 0 saturated carbocycles. The molecule has 0 unspecified atom stereocenters. The van der Waals surface area contributed by atoms with Gasteiger partial charge in [-0.3, -0.25) is 9.78 Å². The second-order valence-electron chi connectivity index (χ2n) is 8.75. The van der Waals surface area contributed by atoms with Gasteiger partial charge in [-0.1, -0.05) is 35.8 Å². The highest BCUT2D eigenvalue weighted by Gasteiger charge is 2.13. The summed E-state index contributed by atoms with van der Waals surface area (Å²) in [4.78, 5) is 22.9. The van der Waals surface area contributed by atoms with E-state index < -0.39 is 0 Å². The topological polar surface area (TPSA) is 89.9 Å². The van der Waals surface area contributed by atoms with Crippen molar-refractivity contribution in [1.82, 2.24) is 29.8 Å². The smallest absolute Gasteiger partial charge is 0.274 e. The largest absolute Gasteiger partial charge is 0.339 e. The Hall–Kier alpha value is -3.10. The predicted octanol–water partition coefficient (Wildman–Crippen LogP) is 4.23. The van der Waals surface area contributed by atoms with Gasteiger partial charge in [0.15, 0.2) is 5.82 Å². The van der Waals surface area contributed by atoms with E-state index in [0.29, 0.717) is 16.8 Å². The van der Waals surface area contributed by atoms with E-state index >= 15 is 0 Å². The standard InChI is InChI=1S/C15H12ClN3O.C11H19N3O/c1-19-15(20)12-6-7-17-9-13(12)14(18-19)8-10-2-4-11(16)5-3-10;1-2-5-10-12-11(15-13-10)6-9-14-7-3-4-8-14/h2-7,9H,8H2,1H3;2-9H2,1H3. The van der Waals surface area contributed by atoms with Crippen LogP contribution in [0.3, 0.4) is 0 Å². The Morgan fingerprint density at radius 1 is 1.06 bits per heavy atom. The first-order valence-corrected chi connectivity index (χ1v) is 12.5. The second kappa shape index (κ2) is 12.0. The van der Waals surface area contributed by atoms with Gasteiger partial charge in [-0.25, -0.2) is 4.68 Å². The van der Waals surface area contributed by atoms with Crippen molar-refractivity contribution in [2.75, 3.05) is 19.6 Å². The molecule has 1 aliphatic heterocycles. The summed E-state index contributed by atoms with van der Waals surface area (Å²) in [6, 6.07) is 9.33. The Bertz CT molecular complexity index is 1300. The van der Waals surface area contributed by atoms with Gasteiger partial charge in [-0.2, -0.15) is 10.1 Å². The zero-order chi connectivity index (χ0) is 24.6. The lowest BCUT2D eigenvalue weighted by molar-refractivity contribution is 0.310. The van der Waals surface area contributed by atoms with E-state index in [9.17, 15) is 4.79 Å². The number of nitrogens with zero attached hydrogens (tertiary/aromatic N) is 6. The van der Waals surface area contributed by atoms with E-state index in [4.69, 9.17) is 16.1 Å². The summed E-state index contributed by atoms with van der Waals surface area (Å²) < 4.78 is 6.56. The third-order valence-corrected chi connectivity index (χ3v) is 6.29. The first-order chi connectivity index (χ1) is 17.0. The molecule has 0 bridgehead atoms. The van der Waals surface area contributed by atoms with Gasteiger partial charge in [0.05, 0.1) is 11.1 Å². The minimum atomic E-state index is -0.109. The minimum absolute atomic E-state index is 0.109. The highest BCUT2D eigenvalue weighted by atomic mass is 35.5. The molecule has 0 amide bonds. The molecule has 1 aromatic carbocycles. The van der Waals surface area contributed by atoms with Crippen molar-refractivity contribution in [3.05, 3.63) is 81.1 Å². The van der Waals surface area contributed by atoms with Crippen LogP contribution >= 0.6 is 11.6 Å². The Morgan fingerprint density at radius 2 is 1.83 bits per heavy atom. The SMILES string of the molecule is CCCc1noc(CCN2CCCC2)n1.Cn1nc(Cc2ccc(Cl)cc2)c2cnccc2c1=O. The monoisotopic (exact) mass is 494 g/mol. The average Bonchev–Trinajstić information content (AvgIpc) is 3.55. The number of rotatable bonds is 7. The Morgan fingerprint density at radius 3 is 2.57 bits per heavy atom. The highest BCUT2D eigenvalue weighted by Crippen LogP contribution is 2.17. The molecule has 35 heavy (non-hydrogen) atoms. The van der Waals surface area contributed by atoms with Crippen LogP contribution in [0.5, 0.6) is 0 Å². The Kier molecular flexibility index (Phi) is 8.60. The maximum atomic E-state index is 12.0. The minimum Gasteiger partial charge on any atom is -0.339 e. The molecule has 0 aliphatic carbocycles. The fraction of sp³-hybridized carbons (Fsp3) is 0.423. The number of hydrogen-bond donors (Lipinski definition) is 0. The number of hydrogen-bond acceptors (Lipinski definition) is 7. The normalized spacial score (nSPS) is 13.7. The maximum absolute atomic E-state index is 12.0. The fourth-order valence-electron chi connectivity index (χ4n) is 4.17. The van der Waals surface area contributed by atoms with Crippen molar-refractivity contribution in [1.29, 1.82) is 0 Å². The molecule has 0 radical (unpaired) electrons. The Balaban J connectivity index is 0.000000172. The van der Waals surface area contributed by atoms with Gasteiger partial charge < -0.3 is 9.42 Å². The third kappa shape index (κ3) is 6.74. The summed E-state index contributed by atoms with van der Waals surface area (Å²) in [5.41, 5.74) is 1.81. The lowest BCUT2D eigenvalue weighted by Crippen LogP contribution is -2.22. The molecule has 1 saturated heterocycles. The maximum Gasteiger partial charge on any atom is 0.274 e. The molecular weight excluding hydrogens is 464 g/mol. The quantitative estimate of drug-likeness (QED) is 0.379. The van der Waals surface area contributed by atoms with E-state index in [-0.39, 0.29) is 5.56 Å². The lowest BCUT2D eigenvalue weighted by atomic mass is 10.1. The van der Waals surface area contributed by atoms with Crippen molar-refractivity contribution in [3.63, 3.8) is 0 Å². The molecule has 0 atom stereocenters. The number of aromatic nitrogens is 5. The van der Waals surface area contributed by atoms with Crippen LogP contribution in [-0.4, -0.2) is 49.4 Å². The number of aryl methyl sites for hydroxylation is 2. The van der Waals surface area contributed by atoms with Crippen LogP contribution in [0.1, 0.15) is 49.2 Å². The number of likely N-dealkylation sites (tertiary alicyclic amines) is 1. The first kappa shape index (κ1) is 25.0. The van der Waals surface area contributed by atoms with Crippen LogP contribution < -0.4 is 5.56 Å². The molecule has 184 valence electrons. The fourth-order valence-corrected chi connectivity index (χ4v) is 4.29. The second-order valence-corrected chi connectivity index (χ2v) is 9.19. The van der Waals surface area contributed by atoms with E-state index in [0.717, 1.165) is 54.2 Å². The molecule has 0 N–H and O–H groups in total. The van der Waals surface area contributed by atoms with E-state index in [1.165, 1.54) is 30.6 Å². The van der Waals surface area contributed by atoms with E-state index in [1.807, 2.05) is 24.3 Å². The summed E-state index contributed by atoms with van der Waals surface area (Å²) in [7, 11) is 1.66. The molecule has 4 aromatic rings. The number of pyridine rings is 1. The molecule has 1 aliphatic rings. The van der Waals surface area contributed by atoms with Crippen molar-refractivity contribution < 1.29 is 4.52 Å². The van der Waals surface area contributed by atoms with E-state index in [2.05, 4.69) is 32.0 Å². The van der Waals surface area contributed by atoms with Crippen LogP contribution in [0.2, 0.25) is 5.02 Å². The number of halogens is 1. The van der Waals surface area contributed by atoms with Gasteiger partial charge in [0, 0.05) is 55.7 Å².